The molecule has 0 saturated carbocycles. The van der Waals surface area contributed by atoms with Crippen molar-refractivity contribution in [2.24, 2.45) is 0 Å². The zero-order valence-electron chi connectivity index (χ0n) is 16.0. The number of amides is 2. The Kier molecular flexibility index (Phi) is 5.54. The molecule has 6 nitrogen and oxygen atoms in total. The number of rotatable bonds is 1. The van der Waals surface area contributed by atoms with Crippen LogP contribution in [0.15, 0.2) is 12.1 Å². The van der Waals surface area contributed by atoms with Gasteiger partial charge in [-0.2, -0.15) is 4.90 Å². The Morgan fingerprint density at radius 1 is 1.04 bits per heavy atom. The number of thiazole rings is 1. The minimum Gasteiger partial charge on any atom is -0.443 e. The number of nitrogens with zero attached hydrogens (tertiary/aromatic N) is 2. The number of carbonyl (C=O) groups is 2. The van der Waals surface area contributed by atoms with E-state index in [-0.39, 0.29) is 5.13 Å². The molecule has 0 saturated heterocycles. The van der Waals surface area contributed by atoms with E-state index in [1.165, 1.54) is 0 Å². The lowest BCUT2D eigenvalue weighted by Gasteiger charge is -2.27. The Balaban J connectivity index is 2.53. The van der Waals surface area contributed by atoms with Crippen molar-refractivity contribution in [2.45, 2.75) is 59.7 Å². The average Bonchev–Trinajstić information content (AvgIpc) is 2.85. The maximum atomic E-state index is 12.7. The number of aryl methyl sites for hydroxylation is 1. The van der Waals surface area contributed by atoms with Crippen LogP contribution in [0.5, 0.6) is 0 Å². The summed E-state index contributed by atoms with van der Waals surface area (Å²) in [5.74, 6) is 0. The number of imide groups is 1. The van der Waals surface area contributed by atoms with Crippen LogP contribution in [-0.2, 0) is 9.47 Å². The molecule has 0 aliphatic rings. The molecule has 2 rings (SSSR count). The molecule has 0 bridgehead atoms. The number of hydrogen-bond donors (Lipinski definition) is 0. The molecule has 0 aliphatic carbocycles. The molecular formula is C18H23ClN2O4S. The Morgan fingerprint density at radius 3 is 1.96 bits per heavy atom. The Hall–Kier alpha value is -1.86. The first-order chi connectivity index (χ1) is 11.8. The fourth-order valence-corrected chi connectivity index (χ4v) is 3.33. The number of ether oxygens (including phenoxy) is 2. The minimum absolute atomic E-state index is 0.153. The highest BCUT2D eigenvalue weighted by atomic mass is 35.5. The number of fused-ring (bicyclic) bond motifs is 1. The topological polar surface area (TPSA) is 68.7 Å². The Morgan fingerprint density at radius 2 is 1.54 bits per heavy atom. The molecule has 1 aromatic carbocycles. The highest BCUT2D eigenvalue weighted by Gasteiger charge is 2.35. The first-order valence-corrected chi connectivity index (χ1v) is 9.30. The van der Waals surface area contributed by atoms with Crippen molar-refractivity contribution in [3.8, 4) is 0 Å². The lowest BCUT2D eigenvalue weighted by atomic mass is 10.2. The van der Waals surface area contributed by atoms with Crippen LogP contribution in [0.2, 0.25) is 5.02 Å². The molecule has 142 valence electrons. The standard InChI is InChI=1S/C18H23ClN2O4S/c1-10-8-9-11(19)13-12(10)20-14(26-13)21(15(22)24-17(2,3)4)16(23)25-18(5,6)7/h8-9H,1-7H3. The van der Waals surface area contributed by atoms with Gasteiger partial charge in [-0.25, -0.2) is 14.6 Å². The van der Waals surface area contributed by atoms with E-state index in [0.717, 1.165) is 21.8 Å². The second-order valence-electron chi connectivity index (χ2n) is 7.83. The first kappa shape index (κ1) is 20.5. The zero-order chi connectivity index (χ0) is 19.9. The summed E-state index contributed by atoms with van der Waals surface area (Å²) in [6, 6.07) is 3.59. The van der Waals surface area contributed by atoms with Crippen molar-refractivity contribution in [2.75, 3.05) is 4.90 Å². The number of carbonyl (C=O) groups excluding carboxylic acids is 2. The number of anilines is 1. The molecular weight excluding hydrogens is 376 g/mol. The van der Waals surface area contributed by atoms with Crippen LogP contribution < -0.4 is 4.90 Å². The fourth-order valence-electron chi connectivity index (χ4n) is 2.03. The van der Waals surface area contributed by atoms with Crippen molar-refractivity contribution in [1.29, 1.82) is 0 Å². The number of hydrogen-bond acceptors (Lipinski definition) is 6. The van der Waals surface area contributed by atoms with Gasteiger partial charge in [0, 0.05) is 0 Å². The molecule has 8 heteroatoms. The second kappa shape index (κ2) is 7.04. The molecule has 1 aromatic heterocycles. The van der Waals surface area contributed by atoms with Gasteiger partial charge in [-0.15, -0.1) is 0 Å². The molecule has 1 heterocycles. The minimum atomic E-state index is -0.848. The maximum Gasteiger partial charge on any atom is 0.426 e. The smallest absolute Gasteiger partial charge is 0.426 e. The van der Waals surface area contributed by atoms with Gasteiger partial charge in [-0.05, 0) is 60.1 Å². The molecule has 0 N–H and O–H groups in total. The van der Waals surface area contributed by atoms with Gasteiger partial charge in [0.2, 0.25) is 5.13 Å². The van der Waals surface area contributed by atoms with Crippen molar-refractivity contribution in [3.05, 3.63) is 22.7 Å². The lowest BCUT2D eigenvalue weighted by molar-refractivity contribution is 0.0431. The van der Waals surface area contributed by atoms with Crippen LogP contribution in [0.3, 0.4) is 0 Å². The predicted octanol–water partition coefficient (Wildman–Crippen LogP) is 5.93. The van der Waals surface area contributed by atoms with E-state index in [2.05, 4.69) is 4.98 Å². The van der Waals surface area contributed by atoms with Gasteiger partial charge in [0.1, 0.15) is 11.2 Å². The Labute approximate surface area is 162 Å². The number of aromatic nitrogens is 1. The summed E-state index contributed by atoms with van der Waals surface area (Å²) in [4.78, 5) is 30.6. The second-order valence-corrected chi connectivity index (χ2v) is 9.22. The van der Waals surface area contributed by atoms with Gasteiger partial charge >= 0.3 is 12.2 Å². The largest absolute Gasteiger partial charge is 0.443 e. The normalized spacial score (nSPS) is 12.2. The van der Waals surface area contributed by atoms with Crippen LogP contribution >= 0.6 is 22.9 Å². The molecule has 0 spiro atoms. The SMILES string of the molecule is Cc1ccc(Cl)c2sc(N(C(=O)OC(C)(C)C)C(=O)OC(C)(C)C)nc12. The number of benzene rings is 1. The molecule has 0 fully saturated rings. The van der Waals surface area contributed by atoms with E-state index in [0.29, 0.717) is 15.2 Å². The van der Waals surface area contributed by atoms with E-state index in [1.54, 1.807) is 47.6 Å². The van der Waals surface area contributed by atoms with Crippen LogP contribution in [0, 0.1) is 6.92 Å². The van der Waals surface area contributed by atoms with Crippen molar-refractivity contribution >= 4 is 50.5 Å². The fraction of sp³-hybridized carbons (Fsp3) is 0.500. The molecule has 0 unspecified atom stereocenters. The number of halogens is 1. The summed E-state index contributed by atoms with van der Waals surface area (Å²) < 4.78 is 11.4. The Bertz CT molecular complexity index is 782. The molecule has 0 atom stereocenters. The third kappa shape index (κ3) is 4.86. The molecule has 2 aromatic rings. The lowest BCUT2D eigenvalue weighted by Crippen LogP contribution is -2.43. The van der Waals surface area contributed by atoms with E-state index in [4.69, 9.17) is 21.1 Å². The third-order valence-electron chi connectivity index (χ3n) is 3.03. The highest BCUT2D eigenvalue weighted by Crippen LogP contribution is 2.36. The quantitative estimate of drug-likeness (QED) is 0.595. The van der Waals surface area contributed by atoms with Crippen LogP contribution in [-0.4, -0.2) is 28.4 Å². The van der Waals surface area contributed by atoms with Crippen molar-refractivity contribution in [3.63, 3.8) is 0 Å². The summed E-state index contributed by atoms with van der Waals surface area (Å²) in [7, 11) is 0. The van der Waals surface area contributed by atoms with Gasteiger partial charge < -0.3 is 9.47 Å². The molecule has 2 amide bonds. The van der Waals surface area contributed by atoms with Gasteiger partial charge in [-0.1, -0.05) is 29.0 Å². The maximum absolute atomic E-state index is 12.7. The van der Waals surface area contributed by atoms with Crippen LogP contribution in [0.4, 0.5) is 14.7 Å². The van der Waals surface area contributed by atoms with E-state index in [9.17, 15) is 9.59 Å². The first-order valence-electron chi connectivity index (χ1n) is 8.10. The summed E-state index contributed by atoms with van der Waals surface area (Å²) in [5.41, 5.74) is -0.0294. The van der Waals surface area contributed by atoms with Gasteiger partial charge in [0.25, 0.3) is 0 Å². The summed E-state index contributed by atoms with van der Waals surface area (Å²) in [5, 5.41) is 0.655. The average molecular weight is 399 g/mol. The molecule has 0 radical (unpaired) electrons. The summed E-state index contributed by atoms with van der Waals surface area (Å²) >= 11 is 7.37. The van der Waals surface area contributed by atoms with E-state index in [1.807, 2.05) is 13.0 Å². The van der Waals surface area contributed by atoms with Crippen molar-refractivity contribution < 1.29 is 19.1 Å². The third-order valence-corrected chi connectivity index (χ3v) is 4.53. The van der Waals surface area contributed by atoms with Crippen LogP contribution in [0.25, 0.3) is 10.2 Å². The highest BCUT2D eigenvalue weighted by molar-refractivity contribution is 7.23. The van der Waals surface area contributed by atoms with Gasteiger partial charge in [-0.3, -0.25) is 0 Å². The molecule has 0 aliphatic heterocycles. The van der Waals surface area contributed by atoms with E-state index >= 15 is 0 Å². The van der Waals surface area contributed by atoms with Gasteiger partial charge in [0.15, 0.2) is 0 Å². The summed E-state index contributed by atoms with van der Waals surface area (Å²) in [6.07, 6.45) is -1.70. The van der Waals surface area contributed by atoms with Crippen molar-refractivity contribution in [1.82, 2.24) is 4.98 Å². The van der Waals surface area contributed by atoms with E-state index < -0.39 is 23.4 Å². The van der Waals surface area contributed by atoms with Gasteiger partial charge in [0.05, 0.1) is 15.2 Å². The summed E-state index contributed by atoms with van der Waals surface area (Å²) in [6.45, 7) is 12.2. The molecule has 26 heavy (non-hydrogen) atoms. The monoisotopic (exact) mass is 398 g/mol. The van der Waals surface area contributed by atoms with Crippen LogP contribution in [0.1, 0.15) is 47.1 Å². The predicted molar refractivity (Wildman–Crippen MR) is 104 cm³/mol. The zero-order valence-corrected chi connectivity index (χ0v) is 17.5.